The number of nitrogens with one attached hydrogen (secondary N) is 1. The maximum atomic E-state index is 12.4. The van der Waals surface area contributed by atoms with Gasteiger partial charge in [0, 0.05) is 25.2 Å². The van der Waals surface area contributed by atoms with E-state index in [-0.39, 0.29) is 0 Å². The van der Waals surface area contributed by atoms with Gasteiger partial charge in [0.25, 0.3) is 0 Å². The van der Waals surface area contributed by atoms with Crippen LogP contribution in [0.3, 0.4) is 0 Å². The lowest BCUT2D eigenvalue weighted by Crippen LogP contribution is -2.39. The summed E-state index contributed by atoms with van der Waals surface area (Å²) in [7, 11) is -0.678. The number of hydrogen-bond acceptors (Lipinski definition) is 4. The smallest absolute Gasteiger partial charge is 0.301 e. The average molecular weight is 335 g/mol. The normalized spacial score (nSPS) is 16.5. The highest BCUT2D eigenvalue weighted by molar-refractivity contribution is 7.90. The Labute approximate surface area is 130 Å². The van der Waals surface area contributed by atoms with Gasteiger partial charge in [0.2, 0.25) is 0 Å². The zero-order valence-corrected chi connectivity index (χ0v) is 13.6. The van der Waals surface area contributed by atoms with E-state index in [2.05, 4.69) is 4.72 Å². The van der Waals surface area contributed by atoms with Crippen molar-refractivity contribution in [2.75, 3.05) is 32.0 Å². The molecule has 0 bridgehead atoms. The van der Waals surface area contributed by atoms with Gasteiger partial charge in [-0.3, -0.25) is 4.72 Å². The first kappa shape index (κ1) is 16.2. The van der Waals surface area contributed by atoms with Gasteiger partial charge in [0.15, 0.2) is 0 Å². The first-order valence-electron chi connectivity index (χ1n) is 6.67. The Hall–Kier alpha value is -1.18. The van der Waals surface area contributed by atoms with Crippen molar-refractivity contribution in [3.63, 3.8) is 0 Å². The van der Waals surface area contributed by atoms with Gasteiger partial charge >= 0.3 is 10.2 Å². The largest absolute Gasteiger partial charge is 0.495 e. The van der Waals surface area contributed by atoms with E-state index in [9.17, 15) is 8.42 Å². The molecule has 8 heteroatoms. The summed E-state index contributed by atoms with van der Waals surface area (Å²) in [4.78, 5) is 0. The highest BCUT2D eigenvalue weighted by Gasteiger charge is 2.25. The molecule has 1 aliphatic rings. The van der Waals surface area contributed by atoms with Crippen LogP contribution in [0.4, 0.5) is 5.69 Å². The molecule has 2 rings (SSSR count). The van der Waals surface area contributed by atoms with E-state index in [1.165, 1.54) is 30.7 Å². The third-order valence-electron chi connectivity index (χ3n) is 3.37. The maximum Gasteiger partial charge on any atom is 0.301 e. The van der Waals surface area contributed by atoms with Crippen LogP contribution in [0, 0.1) is 0 Å². The zero-order valence-electron chi connectivity index (χ0n) is 12.1. The average Bonchev–Trinajstić information content (AvgIpc) is 2.49. The second-order valence-corrected chi connectivity index (χ2v) is 6.83. The van der Waals surface area contributed by atoms with Crippen LogP contribution in [0.15, 0.2) is 12.1 Å². The number of anilines is 1. The number of methoxy groups -OCH3 is 2. The number of ether oxygens (including phenoxy) is 2. The summed E-state index contributed by atoms with van der Waals surface area (Å²) in [5.41, 5.74) is 0.310. The van der Waals surface area contributed by atoms with Crippen LogP contribution in [0.25, 0.3) is 0 Å². The Balaban J connectivity index is 2.29. The third kappa shape index (κ3) is 3.72. The molecule has 6 nitrogen and oxygen atoms in total. The SMILES string of the molecule is COc1cc(NS(=O)(=O)N2CCCCC2)c(OC)cc1Cl. The molecule has 1 aromatic carbocycles. The Morgan fingerprint density at radius 3 is 2.29 bits per heavy atom. The molecule has 118 valence electrons. The lowest BCUT2D eigenvalue weighted by molar-refractivity contribution is 0.348. The van der Waals surface area contributed by atoms with E-state index in [4.69, 9.17) is 21.1 Å². The van der Waals surface area contributed by atoms with Gasteiger partial charge < -0.3 is 9.47 Å². The molecule has 0 unspecified atom stereocenters. The van der Waals surface area contributed by atoms with Crippen LogP contribution >= 0.6 is 11.6 Å². The predicted octanol–water partition coefficient (Wildman–Crippen LogP) is 2.50. The summed E-state index contributed by atoms with van der Waals surface area (Å²) in [5, 5.41) is 0.357. The van der Waals surface area contributed by atoms with Crippen LogP contribution in [0.1, 0.15) is 19.3 Å². The van der Waals surface area contributed by atoms with Gasteiger partial charge in [-0.25, -0.2) is 0 Å². The van der Waals surface area contributed by atoms with Crippen molar-refractivity contribution >= 4 is 27.5 Å². The third-order valence-corrected chi connectivity index (χ3v) is 5.19. The fraction of sp³-hybridized carbons (Fsp3) is 0.538. The summed E-state index contributed by atoms with van der Waals surface area (Å²) < 4.78 is 39.1. The van der Waals surface area contributed by atoms with Crippen LogP contribution in [-0.4, -0.2) is 40.0 Å². The van der Waals surface area contributed by atoms with E-state index in [1.54, 1.807) is 0 Å². The second kappa shape index (κ2) is 6.72. The molecule has 0 radical (unpaired) electrons. The monoisotopic (exact) mass is 334 g/mol. The number of hydrogen-bond donors (Lipinski definition) is 1. The number of benzene rings is 1. The quantitative estimate of drug-likeness (QED) is 0.898. The van der Waals surface area contributed by atoms with E-state index in [0.717, 1.165) is 19.3 Å². The minimum Gasteiger partial charge on any atom is -0.495 e. The highest BCUT2D eigenvalue weighted by atomic mass is 35.5. The van der Waals surface area contributed by atoms with Crippen molar-refractivity contribution in [3.8, 4) is 11.5 Å². The summed E-state index contributed by atoms with van der Waals surface area (Å²) in [6.45, 7) is 1.06. The van der Waals surface area contributed by atoms with Gasteiger partial charge in [0.05, 0.1) is 24.9 Å². The predicted molar refractivity (Wildman–Crippen MR) is 82.5 cm³/mol. The molecule has 0 amide bonds. The number of rotatable bonds is 5. The fourth-order valence-corrected chi connectivity index (χ4v) is 3.79. The first-order valence-corrected chi connectivity index (χ1v) is 8.49. The maximum absolute atomic E-state index is 12.4. The summed E-state index contributed by atoms with van der Waals surface area (Å²) in [6.07, 6.45) is 2.81. The fourth-order valence-electron chi connectivity index (χ4n) is 2.25. The summed E-state index contributed by atoms with van der Waals surface area (Å²) in [5.74, 6) is 0.732. The summed E-state index contributed by atoms with van der Waals surface area (Å²) in [6, 6.07) is 3.04. The first-order chi connectivity index (χ1) is 9.97. The molecule has 0 aliphatic carbocycles. The van der Waals surface area contributed by atoms with Crippen molar-refractivity contribution in [1.29, 1.82) is 0 Å². The Bertz CT molecular complexity index is 600. The Morgan fingerprint density at radius 1 is 1.10 bits per heavy atom. The van der Waals surface area contributed by atoms with E-state index in [0.29, 0.717) is 35.3 Å². The van der Waals surface area contributed by atoms with Crippen LogP contribution in [0.5, 0.6) is 11.5 Å². The summed E-state index contributed by atoms with van der Waals surface area (Å²) >= 11 is 6.01. The zero-order chi connectivity index (χ0) is 15.5. The highest BCUT2D eigenvalue weighted by Crippen LogP contribution is 2.36. The second-order valence-electron chi connectivity index (χ2n) is 4.75. The molecule has 21 heavy (non-hydrogen) atoms. The van der Waals surface area contributed by atoms with Crippen molar-refractivity contribution in [2.24, 2.45) is 0 Å². The van der Waals surface area contributed by atoms with Gasteiger partial charge in [0.1, 0.15) is 11.5 Å². The van der Waals surface area contributed by atoms with Crippen molar-refractivity contribution in [3.05, 3.63) is 17.2 Å². The molecule has 0 aromatic heterocycles. The molecule has 0 saturated carbocycles. The van der Waals surface area contributed by atoms with Gasteiger partial charge in [-0.1, -0.05) is 18.0 Å². The molecular weight excluding hydrogens is 316 g/mol. The van der Waals surface area contributed by atoms with Gasteiger partial charge in [-0.15, -0.1) is 0 Å². The Kier molecular flexibility index (Phi) is 5.18. The van der Waals surface area contributed by atoms with E-state index >= 15 is 0 Å². The lowest BCUT2D eigenvalue weighted by atomic mass is 10.2. The molecule has 1 aliphatic heterocycles. The standard InChI is InChI=1S/C13H19ClN2O4S/c1-19-12-9-11(13(20-2)8-10(12)14)15-21(17,18)16-6-4-3-5-7-16/h8-9,15H,3-7H2,1-2H3. The Morgan fingerprint density at radius 2 is 1.71 bits per heavy atom. The van der Waals surface area contributed by atoms with Crippen LogP contribution in [0.2, 0.25) is 5.02 Å². The molecule has 1 fully saturated rings. The molecule has 1 saturated heterocycles. The minimum absolute atomic E-state index is 0.310. The molecule has 1 heterocycles. The molecule has 1 N–H and O–H groups in total. The van der Waals surface area contributed by atoms with Gasteiger partial charge in [-0.2, -0.15) is 12.7 Å². The number of piperidine rings is 1. The van der Waals surface area contributed by atoms with Crippen molar-refractivity contribution < 1.29 is 17.9 Å². The van der Waals surface area contributed by atoms with E-state index < -0.39 is 10.2 Å². The molecule has 0 spiro atoms. The van der Waals surface area contributed by atoms with E-state index in [1.807, 2.05) is 0 Å². The minimum atomic E-state index is -3.60. The molecular formula is C13H19ClN2O4S. The van der Waals surface area contributed by atoms with Crippen molar-refractivity contribution in [1.82, 2.24) is 4.31 Å². The van der Waals surface area contributed by atoms with Crippen molar-refractivity contribution in [2.45, 2.75) is 19.3 Å². The van der Waals surface area contributed by atoms with Crippen LogP contribution < -0.4 is 14.2 Å². The molecule has 0 atom stereocenters. The van der Waals surface area contributed by atoms with Gasteiger partial charge in [-0.05, 0) is 12.8 Å². The molecule has 1 aromatic rings. The number of halogens is 1. The lowest BCUT2D eigenvalue weighted by Gasteiger charge is -2.26. The van der Waals surface area contributed by atoms with Crippen LogP contribution in [-0.2, 0) is 10.2 Å². The number of nitrogens with zero attached hydrogens (tertiary/aromatic N) is 1. The topological polar surface area (TPSA) is 67.9 Å².